The van der Waals surface area contributed by atoms with E-state index in [0.29, 0.717) is 5.02 Å². The topological polar surface area (TPSA) is 21.6 Å². The number of aliphatic imine (C=N–C) groups is 1. The molecule has 0 radical (unpaired) electrons. The molecule has 0 spiro atoms. The van der Waals surface area contributed by atoms with Gasteiger partial charge in [0.05, 0.1) is 18.4 Å². The summed E-state index contributed by atoms with van der Waals surface area (Å²) in [6.07, 6.45) is 0. The number of nitrogens with zero attached hydrogens (tertiary/aromatic N) is 1. The summed E-state index contributed by atoms with van der Waals surface area (Å²) in [4.78, 5) is 4.81. The first-order valence-corrected chi connectivity index (χ1v) is 10.9. The second-order valence-electron chi connectivity index (χ2n) is 7.53. The molecule has 0 aliphatic carbocycles. The Kier molecular flexibility index (Phi) is 6.87. The van der Waals surface area contributed by atoms with Crippen LogP contribution >= 0.6 is 11.6 Å². The smallest absolute Gasteiger partial charge is 0.118 e. The summed E-state index contributed by atoms with van der Waals surface area (Å²) in [5, 5.41) is 0.689. The van der Waals surface area contributed by atoms with E-state index in [-0.39, 0.29) is 5.92 Å². The quantitative estimate of drug-likeness (QED) is 0.280. The number of methoxy groups -OCH3 is 1. The molecule has 0 fully saturated rings. The summed E-state index contributed by atoms with van der Waals surface area (Å²) in [6, 6.07) is 34.4. The summed E-state index contributed by atoms with van der Waals surface area (Å²) in [7, 11) is 1.67. The van der Waals surface area contributed by atoms with E-state index in [1.54, 1.807) is 7.11 Å². The van der Waals surface area contributed by atoms with Crippen LogP contribution in [0.25, 0.3) is 5.57 Å². The van der Waals surface area contributed by atoms with Gasteiger partial charge in [0.25, 0.3) is 0 Å². The Hall–Kier alpha value is -3.58. The maximum absolute atomic E-state index is 6.36. The molecule has 4 rings (SSSR count). The first-order chi connectivity index (χ1) is 15.7. The maximum atomic E-state index is 6.36. The Bertz CT molecular complexity index is 1200. The van der Waals surface area contributed by atoms with Gasteiger partial charge in [-0.1, -0.05) is 91.3 Å². The number of ether oxygens (including phenoxy) is 1. The lowest BCUT2D eigenvalue weighted by Gasteiger charge is -2.15. The van der Waals surface area contributed by atoms with Crippen molar-refractivity contribution in [3.8, 4) is 5.75 Å². The van der Waals surface area contributed by atoms with E-state index in [2.05, 4.69) is 49.2 Å². The van der Waals surface area contributed by atoms with E-state index in [0.717, 1.165) is 33.7 Å². The largest absolute Gasteiger partial charge is 0.497 e. The summed E-state index contributed by atoms with van der Waals surface area (Å²) < 4.78 is 5.29. The van der Waals surface area contributed by atoms with Crippen molar-refractivity contribution >= 4 is 28.7 Å². The van der Waals surface area contributed by atoms with Crippen molar-refractivity contribution in [2.75, 3.05) is 7.11 Å². The van der Waals surface area contributed by atoms with Gasteiger partial charge in [-0.3, -0.25) is 0 Å². The summed E-state index contributed by atoms with van der Waals surface area (Å²) >= 11 is 6.36. The van der Waals surface area contributed by atoms with Gasteiger partial charge in [0.2, 0.25) is 0 Å². The Morgan fingerprint density at radius 3 is 1.97 bits per heavy atom. The minimum atomic E-state index is 0.108. The molecule has 158 valence electrons. The monoisotopic (exact) mass is 437 g/mol. The minimum Gasteiger partial charge on any atom is -0.497 e. The highest BCUT2D eigenvalue weighted by Gasteiger charge is 2.14. The number of benzene rings is 4. The van der Waals surface area contributed by atoms with E-state index >= 15 is 0 Å². The molecule has 0 amide bonds. The van der Waals surface area contributed by atoms with E-state index in [1.807, 2.05) is 66.7 Å². The molecule has 3 heteroatoms. The fraction of sp³-hybridized carbons (Fsp3) is 0.103. The van der Waals surface area contributed by atoms with Gasteiger partial charge in [-0.15, -0.1) is 0 Å². The van der Waals surface area contributed by atoms with Gasteiger partial charge in [0.15, 0.2) is 0 Å². The molecule has 4 aromatic rings. The van der Waals surface area contributed by atoms with Gasteiger partial charge >= 0.3 is 0 Å². The zero-order valence-electron chi connectivity index (χ0n) is 18.1. The van der Waals surface area contributed by atoms with Crippen molar-refractivity contribution in [2.45, 2.75) is 12.8 Å². The van der Waals surface area contributed by atoms with Crippen LogP contribution in [0.15, 0.2) is 108 Å². The molecule has 0 aliphatic rings. The van der Waals surface area contributed by atoms with E-state index in [1.165, 1.54) is 5.56 Å². The van der Waals surface area contributed by atoms with Gasteiger partial charge < -0.3 is 4.74 Å². The Morgan fingerprint density at radius 2 is 1.41 bits per heavy atom. The van der Waals surface area contributed by atoms with Gasteiger partial charge in [0, 0.05) is 10.9 Å². The van der Waals surface area contributed by atoms with Crippen molar-refractivity contribution in [3.05, 3.63) is 130 Å². The van der Waals surface area contributed by atoms with Crippen LogP contribution in [-0.2, 0) is 0 Å². The lowest BCUT2D eigenvalue weighted by atomic mass is 9.92. The predicted octanol–water partition coefficient (Wildman–Crippen LogP) is 7.93. The standard InChI is InChI=1S/C29H24ClNO/c1-21(22-13-16-26(32-2)17-14-22)27-19-25(30)15-18-29(27)31-20-28(23-9-5-3-6-10-23)24-11-7-4-8-12-24/h3-19,21H,1-2H3. The van der Waals surface area contributed by atoms with E-state index < -0.39 is 0 Å². The number of hydrogen-bond donors (Lipinski definition) is 0. The first-order valence-electron chi connectivity index (χ1n) is 10.5. The Morgan fingerprint density at radius 1 is 0.812 bits per heavy atom. The van der Waals surface area contributed by atoms with Crippen LogP contribution in [-0.4, -0.2) is 13.0 Å². The van der Waals surface area contributed by atoms with Gasteiger partial charge in [-0.2, -0.15) is 0 Å². The molecule has 1 atom stereocenters. The van der Waals surface area contributed by atoms with Crippen molar-refractivity contribution in [1.29, 1.82) is 0 Å². The van der Waals surface area contributed by atoms with Crippen LogP contribution in [0.2, 0.25) is 5.02 Å². The van der Waals surface area contributed by atoms with Gasteiger partial charge in [0.1, 0.15) is 5.75 Å². The van der Waals surface area contributed by atoms with Crippen molar-refractivity contribution in [1.82, 2.24) is 0 Å². The highest BCUT2D eigenvalue weighted by atomic mass is 35.5. The fourth-order valence-corrected chi connectivity index (χ4v) is 3.85. The molecule has 4 aromatic carbocycles. The molecule has 0 heterocycles. The van der Waals surface area contributed by atoms with E-state index in [4.69, 9.17) is 21.3 Å². The molecule has 0 saturated heterocycles. The molecule has 0 aromatic heterocycles. The van der Waals surface area contributed by atoms with Crippen molar-refractivity contribution in [2.24, 2.45) is 4.99 Å². The highest BCUT2D eigenvalue weighted by molar-refractivity contribution is 6.30. The molecule has 2 nitrogen and oxygen atoms in total. The second kappa shape index (κ2) is 10.2. The van der Waals surface area contributed by atoms with Crippen LogP contribution in [0.1, 0.15) is 35.1 Å². The second-order valence-corrected chi connectivity index (χ2v) is 7.97. The minimum absolute atomic E-state index is 0.108. The van der Waals surface area contributed by atoms with Crippen LogP contribution in [0.4, 0.5) is 5.69 Å². The lowest BCUT2D eigenvalue weighted by Crippen LogP contribution is -1.97. The Labute approximate surface area is 194 Å². The zero-order chi connectivity index (χ0) is 22.3. The van der Waals surface area contributed by atoms with Crippen LogP contribution in [0.5, 0.6) is 5.75 Å². The maximum Gasteiger partial charge on any atom is 0.118 e. The SMILES string of the molecule is COc1ccc(C(C)c2cc(Cl)ccc2N=C=C(c2ccccc2)c2ccccc2)cc1. The molecule has 32 heavy (non-hydrogen) atoms. The van der Waals surface area contributed by atoms with Crippen LogP contribution in [0, 0.1) is 0 Å². The lowest BCUT2D eigenvalue weighted by molar-refractivity contribution is 0.414. The summed E-state index contributed by atoms with van der Waals surface area (Å²) in [5.41, 5.74) is 6.16. The molecular weight excluding hydrogens is 414 g/mol. The first kappa shape index (κ1) is 21.6. The van der Waals surface area contributed by atoms with Gasteiger partial charge in [-0.25, -0.2) is 4.99 Å². The average molecular weight is 438 g/mol. The fourth-order valence-electron chi connectivity index (χ4n) is 3.67. The molecule has 0 aliphatic heterocycles. The highest BCUT2D eigenvalue weighted by Crippen LogP contribution is 2.34. The molecule has 0 bridgehead atoms. The van der Waals surface area contributed by atoms with Crippen LogP contribution in [0.3, 0.4) is 0 Å². The third-order valence-corrected chi connectivity index (χ3v) is 5.72. The number of hydrogen-bond acceptors (Lipinski definition) is 2. The summed E-state index contributed by atoms with van der Waals surface area (Å²) in [6.45, 7) is 2.16. The summed E-state index contributed by atoms with van der Waals surface area (Å²) in [5.74, 6) is 4.28. The average Bonchev–Trinajstić information content (AvgIpc) is 2.86. The third-order valence-electron chi connectivity index (χ3n) is 5.48. The third kappa shape index (κ3) is 5.00. The van der Waals surface area contributed by atoms with Gasteiger partial charge in [-0.05, 0) is 58.5 Å². The van der Waals surface area contributed by atoms with Crippen molar-refractivity contribution < 1.29 is 4.74 Å². The number of halogens is 1. The van der Waals surface area contributed by atoms with E-state index in [9.17, 15) is 0 Å². The predicted molar refractivity (Wildman–Crippen MR) is 134 cm³/mol. The van der Waals surface area contributed by atoms with Crippen LogP contribution < -0.4 is 4.74 Å². The molecule has 1 unspecified atom stereocenters. The zero-order valence-corrected chi connectivity index (χ0v) is 18.9. The Balaban J connectivity index is 1.81. The van der Waals surface area contributed by atoms with Crippen molar-refractivity contribution in [3.63, 3.8) is 0 Å². The molecule has 0 N–H and O–H groups in total. The molecule has 0 saturated carbocycles. The molecular formula is C29H24ClNO. The normalized spacial score (nSPS) is 11.3. The number of rotatable bonds is 6.